The zero-order valence-electron chi connectivity index (χ0n) is 10.9. The van der Waals surface area contributed by atoms with E-state index in [4.69, 9.17) is 18.0 Å². The van der Waals surface area contributed by atoms with Gasteiger partial charge in [0.1, 0.15) is 4.88 Å². The summed E-state index contributed by atoms with van der Waals surface area (Å²) in [6.07, 6.45) is 0. The lowest BCUT2D eigenvalue weighted by Gasteiger charge is -2.20. The Labute approximate surface area is 116 Å². The molecular weight excluding hydrogens is 268 g/mol. The molecule has 0 fully saturated rings. The molecule has 1 rings (SSSR count). The molecule has 0 spiro atoms. The van der Waals surface area contributed by atoms with Crippen LogP contribution in [0.1, 0.15) is 49.0 Å². The van der Waals surface area contributed by atoms with E-state index in [1.807, 2.05) is 27.7 Å². The molecule has 1 aromatic rings. The molecular formula is C11H18N4OS2. The number of hydrogen-bond acceptors (Lipinski definition) is 5. The third kappa shape index (κ3) is 3.46. The van der Waals surface area contributed by atoms with Crippen LogP contribution in [0.3, 0.4) is 0 Å². The molecule has 0 aliphatic rings. The van der Waals surface area contributed by atoms with Crippen molar-refractivity contribution in [3.63, 3.8) is 0 Å². The maximum atomic E-state index is 12.2. The second-order valence-corrected chi connectivity index (χ2v) is 5.97. The molecule has 0 aromatic carbocycles. The van der Waals surface area contributed by atoms with Crippen LogP contribution in [-0.2, 0) is 0 Å². The van der Waals surface area contributed by atoms with Crippen LogP contribution in [0.25, 0.3) is 0 Å². The van der Waals surface area contributed by atoms with Crippen molar-refractivity contribution in [1.29, 1.82) is 0 Å². The molecule has 1 unspecified atom stereocenters. The van der Waals surface area contributed by atoms with Gasteiger partial charge in [-0.05, 0) is 23.4 Å². The SMILES string of the molecule is CC(C)c1nnsc1C(=O)NC(C(N)=S)C(C)C. The smallest absolute Gasteiger partial charge is 0.265 e. The number of nitrogens with two attached hydrogens (primary N) is 1. The van der Waals surface area contributed by atoms with Gasteiger partial charge in [-0.3, -0.25) is 4.79 Å². The molecule has 0 aliphatic heterocycles. The van der Waals surface area contributed by atoms with Crippen LogP contribution >= 0.6 is 23.8 Å². The fourth-order valence-electron chi connectivity index (χ4n) is 1.51. The van der Waals surface area contributed by atoms with Gasteiger partial charge in [0.2, 0.25) is 0 Å². The fourth-order valence-corrected chi connectivity index (χ4v) is 2.56. The van der Waals surface area contributed by atoms with E-state index < -0.39 is 0 Å². The maximum absolute atomic E-state index is 12.2. The van der Waals surface area contributed by atoms with Gasteiger partial charge >= 0.3 is 0 Å². The Kier molecular flexibility index (Phi) is 5.15. The molecule has 1 heterocycles. The molecule has 1 aromatic heterocycles. The molecule has 0 aliphatic carbocycles. The first-order valence-corrected chi connectivity index (χ1v) is 6.95. The Morgan fingerprint density at radius 3 is 2.44 bits per heavy atom. The van der Waals surface area contributed by atoms with E-state index in [9.17, 15) is 4.79 Å². The van der Waals surface area contributed by atoms with Crippen LogP contribution < -0.4 is 11.1 Å². The molecule has 0 radical (unpaired) electrons. The molecule has 7 heteroatoms. The highest BCUT2D eigenvalue weighted by Crippen LogP contribution is 2.19. The predicted molar refractivity (Wildman–Crippen MR) is 76.9 cm³/mol. The Hall–Kier alpha value is -1.08. The van der Waals surface area contributed by atoms with Crippen molar-refractivity contribution >= 4 is 34.6 Å². The van der Waals surface area contributed by atoms with Crippen LogP contribution in [0.2, 0.25) is 0 Å². The van der Waals surface area contributed by atoms with E-state index in [0.717, 1.165) is 11.5 Å². The summed E-state index contributed by atoms with van der Waals surface area (Å²) in [6, 6.07) is -0.311. The Balaban J connectivity index is 2.87. The molecule has 5 nitrogen and oxygen atoms in total. The first-order valence-electron chi connectivity index (χ1n) is 5.77. The number of hydrogen-bond donors (Lipinski definition) is 2. The minimum Gasteiger partial charge on any atom is -0.392 e. The van der Waals surface area contributed by atoms with Crippen LogP contribution in [0, 0.1) is 5.92 Å². The van der Waals surface area contributed by atoms with Gasteiger partial charge in [0, 0.05) is 0 Å². The van der Waals surface area contributed by atoms with Gasteiger partial charge < -0.3 is 11.1 Å². The first-order chi connectivity index (χ1) is 8.34. The second-order valence-electron chi connectivity index (χ2n) is 4.74. The van der Waals surface area contributed by atoms with E-state index in [1.54, 1.807) is 0 Å². The van der Waals surface area contributed by atoms with Gasteiger partial charge in [0.15, 0.2) is 0 Å². The number of aromatic nitrogens is 2. The van der Waals surface area contributed by atoms with Gasteiger partial charge in [-0.1, -0.05) is 44.4 Å². The van der Waals surface area contributed by atoms with Crippen molar-refractivity contribution < 1.29 is 4.79 Å². The summed E-state index contributed by atoms with van der Waals surface area (Å²) in [5, 5.41) is 6.82. The lowest BCUT2D eigenvalue weighted by molar-refractivity contribution is 0.0942. The van der Waals surface area contributed by atoms with Gasteiger partial charge in [-0.2, -0.15) is 0 Å². The van der Waals surface area contributed by atoms with Crippen LogP contribution in [0.5, 0.6) is 0 Å². The van der Waals surface area contributed by atoms with Crippen LogP contribution in [0.4, 0.5) is 0 Å². The van der Waals surface area contributed by atoms with Gasteiger partial charge in [0.25, 0.3) is 5.91 Å². The third-order valence-electron chi connectivity index (χ3n) is 2.53. The second kappa shape index (κ2) is 6.19. The van der Waals surface area contributed by atoms with Crippen LogP contribution in [0.15, 0.2) is 0 Å². The van der Waals surface area contributed by atoms with Crippen LogP contribution in [-0.4, -0.2) is 26.5 Å². The Morgan fingerprint density at radius 1 is 1.39 bits per heavy atom. The number of rotatable bonds is 5. The molecule has 18 heavy (non-hydrogen) atoms. The highest BCUT2D eigenvalue weighted by molar-refractivity contribution is 7.80. The maximum Gasteiger partial charge on any atom is 0.265 e. The number of carbonyl (C=O) groups excluding carboxylic acids is 1. The number of nitrogens with one attached hydrogen (secondary N) is 1. The van der Waals surface area contributed by atoms with Gasteiger partial charge in [-0.15, -0.1) is 5.10 Å². The number of nitrogens with zero attached hydrogens (tertiary/aromatic N) is 2. The molecule has 1 atom stereocenters. The minimum absolute atomic E-state index is 0.148. The summed E-state index contributed by atoms with van der Waals surface area (Å²) >= 11 is 6.05. The highest BCUT2D eigenvalue weighted by atomic mass is 32.1. The molecule has 0 saturated heterocycles. The Bertz CT molecular complexity index is 442. The topological polar surface area (TPSA) is 80.9 Å². The Morgan fingerprint density at radius 2 is 2.00 bits per heavy atom. The normalized spacial score (nSPS) is 12.8. The van der Waals surface area contributed by atoms with Gasteiger partial charge in [-0.25, -0.2) is 0 Å². The minimum atomic E-state index is -0.311. The molecule has 3 N–H and O–H groups in total. The van der Waals surface area contributed by atoms with Crippen molar-refractivity contribution in [2.24, 2.45) is 11.7 Å². The summed E-state index contributed by atoms with van der Waals surface area (Å²) in [5.74, 6) is 0.0989. The van der Waals surface area contributed by atoms with Gasteiger partial charge in [0.05, 0.1) is 16.7 Å². The quantitative estimate of drug-likeness (QED) is 0.805. The summed E-state index contributed by atoms with van der Waals surface area (Å²) in [6.45, 7) is 7.86. The predicted octanol–water partition coefficient (Wildman–Crippen LogP) is 1.70. The lowest BCUT2D eigenvalue weighted by atomic mass is 10.0. The lowest BCUT2D eigenvalue weighted by Crippen LogP contribution is -2.46. The largest absolute Gasteiger partial charge is 0.392 e. The van der Waals surface area contributed by atoms with Crippen molar-refractivity contribution in [3.8, 4) is 0 Å². The van der Waals surface area contributed by atoms with Crippen molar-refractivity contribution in [2.75, 3.05) is 0 Å². The average molecular weight is 286 g/mol. The molecule has 1 amide bonds. The summed E-state index contributed by atoms with van der Waals surface area (Å²) in [5.41, 5.74) is 6.34. The van der Waals surface area contributed by atoms with Crippen molar-refractivity contribution in [1.82, 2.24) is 14.9 Å². The average Bonchev–Trinajstić information content (AvgIpc) is 2.73. The summed E-state index contributed by atoms with van der Waals surface area (Å²) < 4.78 is 3.83. The van der Waals surface area contributed by atoms with Crippen molar-refractivity contribution in [2.45, 2.75) is 39.7 Å². The number of thiocarbonyl (C=S) groups is 1. The number of amides is 1. The monoisotopic (exact) mass is 286 g/mol. The van der Waals surface area contributed by atoms with E-state index in [2.05, 4.69) is 14.9 Å². The van der Waals surface area contributed by atoms with E-state index >= 15 is 0 Å². The standard InChI is InChI=1S/C11H18N4OS2/c1-5(2)7-9(18-15-14-7)11(16)13-8(6(3)4)10(12)17/h5-6,8H,1-4H3,(H2,12,17)(H,13,16). The zero-order valence-corrected chi connectivity index (χ0v) is 12.6. The van der Waals surface area contributed by atoms with Crippen molar-refractivity contribution in [3.05, 3.63) is 10.6 Å². The van der Waals surface area contributed by atoms with E-state index in [-0.39, 0.29) is 23.8 Å². The molecule has 0 saturated carbocycles. The molecule has 0 bridgehead atoms. The highest BCUT2D eigenvalue weighted by Gasteiger charge is 2.24. The first kappa shape index (κ1) is 15.0. The number of carbonyl (C=O) groups is 1. The van der Waals surface area contributed by atoms with E-state index in [1.165, 1.54) is 0 Å². The third-order valence-corrected chi connectivity index (χ3v) is 3.52. The summed E-state index contributed by atoms with van der Waals surface area (Å²) in [4.78, 5) is 13.0. The zero-order chi connectivity index (χ0) is 13.9. The van der Waals surface area contributed by atoms with E-state index in [0.29, 0.717) is 15.6 Å². The fraction of sp³-hybridized carbons (Fsp3) is 0.636. The summed E-state index contributed by atoms with van der Waals surface area (Å²) in [7, 11) is 0. The molecule has 100 valence electrons.